The Labute approximate surface area is 170 Å². The fourth-order valence-electron chi connectivity index (χ4n) is 2.64. The van der Waals surface area contributed by atoms with Crippen LogP contribution in [0.25, 0.3) is 10.2 Å². The van der Waals surface area contributed by atoms with Crippen LogP contribution in [0.1, 0.15) is 13.8 Å². The first-order valence-corrected chi connectivity index (χ1v) is 11.7. The zero-order chi connectivity index (χ0) is 20.9. The van der Waals surface area contributed by atoms with Crippen molar-refractivity contribution in [3.05, 3.63) is 18.2 Å². The first-order valence-electron chi connectivity index (χ1n) is 9.08. The highest BCUT2D eigenvalue weighted by atomic mass is 32.2. The largest absolute Gasteiger partial charge is 0.497 e. The number of thiazole rings is 1. The van der Waals surface area contributed by atoms with Crippen molar-refractivity contribution < 1.29 is 17.9 Å². The maximum Gasteiger partial charge on any atom is 0.244 e. The smallest absolute Gasteiger partial charge is 0.244 e. The Hall–Kier alpha value is -1.75. The van der Waals surface area contributed by atoms with E-state index in [9.17, 15) is 13.2 Å². The monoisotopic (exact) mass is 428 g/mol. The molecule has 0 N–H and O–H groups in total. The van der Waals surface area contributed by atoms with E-state index in [0.717, 1.165) is 39.6 Å². The van der Waals surface area contributed by atoms with Gasteiger partial charge in [-0.3, -0.25) is 9.69 Å². The Morgan fingerprint density at radius 1 is 1.21 bits per heavy atom. The molecular weight excluding hydrogens is 400 g/mol. The molecule has 2 rings (SSSR count). The summed E-state index contributed by atoms with van der Waals surface area (Å²) in [5.74, 6) is 0.423. The van der Waals surface area contributed by atoms with Gasteiger partial charge in [-0.1, -0.05) is 25.2 Å². The van der Waals surface area contributed by atoms with Crippen molar-refractivity contribution in [3.63, 3.8) is 0 Å². The molecule has 0 aliphatic rings. The van der Waals surface area contributed by atoms with Gasteiger partial charge in [-0.25, -0.2) is 13.4 Å². The molecule has 0 unspecified atom stereocenters. The van der Waals surface area contributed by atoms with E-state index >= 15 is 0 Å². The van der Waals surface area contributed by atoms with Crippen molar-refractivity contribution in [3.8, 4) is 5.75 Å². The summed E-state index contributed by atoms with van der Waals surface area (Å²) in [7, 11) is -0.443. The molecule has 1 heterocycles. The van der Waals surface area contributed by atoms with Crippen molar-refractivity contribution in [1.82, 2.24) is 14.2 Å². The predicted molar refractivity (Wildman–Crippen MR) is 114 cm³/mol. The van der Waals surface area contributed by atoms with Crippen LogP contribution in [0.5, 0.6) is 5.75 Å². The van der Waals surface area contributed by atoms with Crippen LogP contribution in [-0.2, 0) is 14.8 Å². The maximum absolute atomic E-state index is 12.9. The summed E-state index contributed by atoms with van der Waals surface area (Å²) in [4.78, 5) is 21.3. The Morgan fingerprint density at radius 3 is 2.46 bits per heavy atom. The lowest BCUT2D eigenvalue weighted by Gasteiger charge is -2.26. The summed E-state index contributed by atoms with van der Waals surface area (Å²) in [6.45, 7) is 6.78. The van der Waals surface area contributed by atoms with Crippen LogP contribution in [0.15, 0.2) is 18.2 Å². The lowest BCUT2D eigenvalue weighted by molar-refractivity contribution is -0.118. The average Bonchev–Trinajstić information content (AvgIpc) is 3.06. The Bertz CT molecular complexity index is 909. The van der Waals surface area contributed by atoms with Gasteiger partial charge in [0.2, 0.25) is 15.9 Å². The number of nitrogens with zero attached hydrogens (tertiary/aromatic N) is 4. The van der Waals surface area contributed by atoms with Gasteiger partial charge in [-0.05, 0) is 31.3 Å². The van der Waals surface area contributed by atoms with E-state index in [2.05, 4.69) is 23.7 Å². The van der Waals surface area contributed by atoms with Crippen molar-refractivity contribution >= 4 is 42.6 Å². The molecule has 0 fully saturated rings. The van der Waals surface area contributed by atoms with E-state index in [1.54, 1.807) is 12.0 Å². The molecule has 1 amide bonds. The fraction of sp³-hybridized carbons (Fsp3) is 0.556. The second kappa shape index (κ2) is 9.64. The van der Waals surface area contributed by atoms with E-state index in [0.29, 0.717) is 18.2 Å². The van der Waals surface area contributed by atoms with Gasteiger partial charge in [0.15, 0.2) is 5.13 Å². The molecular formula is C18H28N4O4S2. The van der Waals surface area contributed by atoms with Crippen molar-refractivity contribution in [2.24, 2.45) is 0 Å². The molecule has 0 bridgehead atoms. The number of carbonyl (C=O) groups excluding carboxylic acids is 1. The summed E-state index contributed by atoms with van der Waals surface area (Å²) < 4.78 is 30.6. The molecule has 0 saturated carbocycles. The maximum atomic E-state index is 12.9. The third-order valence-electron chi connectivity index (χ3n) is 4.57. The average molecular weight is 429 g/mol. The third kappa shape index (κ3) is 5.63. The normalized spacial score (nSPS) is 12.1. The molecule has 2 aromatic rings. The zero-order valence-electron chi connectivity index (χ0n) is 17.0. The lowest BCUT2D eigenvalue weighted by Crippen LogP contribution is -2.44. The summed E-state index contributed by atoms with van der Waals surface area (Å²) in [5, 5.41) is 0.558. The number of rotatable bonds is 10. The van der Waals surface area contributed by atoms with Gasteiger partial charge in [0, 0.05) is 20.1 Å². The van der Waals surface area contributed by atoms with E-state index in [4.69, 9.17) is 4.74 Å². The van der Waals surface area contributed by atoms with Crippen molar-refractivity contribution in [2.75, 3.05) is 58.0 Å². The number of hydrogen-bond acceptors (Lipinski definition) is 7. The third-order valence-corrected chi connectivity index (χ3v) is 6.88. The molecule has 10 heteroatoms. The predicted octanol–water partition coefficient (Wildman–Crippen LogP) is 1.87. The Morgan fingerprint density at radius 2 is 1.89 bits per heavy atom. The Kier molecular flexibility index (Phi) is 7.76. The number of likely N-dealkylation sites (N-methyl/N-ethyl adjacent to an activating group) is 2. The molecule has 0 spiro atoms. The van der Waals surface area contributed by atoms with Crippen LogP contribution < -0.4 is 9.64 Å². The molecule has 0 aliphatic heterocycles. The van der Waals surface area contributed by atoms with Gasteiger partial charge in [0.05, 0.1) is 30.1 Å². The van der Waals surface area contributed by atoms with Gasteiger partial charge in [-0.15, -0.1) is 0 Å². The number of methoxy groups -OCH3 is 1. The topological polar surface area (TPSA) is 83.0 Å². The molecule has 28 heavy (non-hydrogen) atoms. The van der Waals surface area contributed by atoms with Crippen molar-refractivity contribution in [2.45, 2.75) is 13.8 Å². The second-order valence-electron chi connectivity index (χ2n) is 6.42. The highest BCUT2D eigenvalue weighted by Crippen LogP contribution is 2.31. The molecule has 1 aromatic heterocycles. The van der Waals surface area contributed by atoms with Gasteiger partial charge >= 0.3 is 0 Å². The first kappa shape index (κ1) is 22.5. The number of aromatic nitrogens is 1. The summed E-state index contributed by atoms with van der Waals surface area (Å²) in [6.07, 6.45) is 1.09. The summed E-state index contributed by atoms with van der Waals surface area (Å²) in [5.41, 5.74) is 0.776. The summed E-state index contributed by atoms with van der Waals surface area (Å²) in [6, 6.07) is 5.56. The van der Waals surface area contributed by atoms with Crippen molar-refractivity contribution in [1.29, 1.82) is 0 Å². The van der Waals surface area contributed by atoms with Crippen LogP contribution >= 0.6 is 11.3 Å². The minimum atomic E-state index is -3.45. The zero-order valence-corrected chi connectivity index (χ0v) is 18.6. The number of carbonyl (C=O) groups is 1. The minimum absolute atomic E-state index is 0.226. The minimum Gasteiger partial charge on any atom is -0.497 e. The standard InChI is InChI=1S/C18H28N4O4S2/c1-6-21(7-2)10-11-22(17(23)13-20(3)28(5,24)25)18-19-15-9-8-14(26-4)12-16(15)27-18/h8-9,12H,6-7,10-11,13H2,1-5H3. The van der Waals surface area contributed by atoms with E-state index < -0.39 is 10.0 Å². The molecule has 0 atom stereocenters. The highest BCUT2D eigenvalue weighted by Gasteiger charge is 2.24. The number of benzene rings is 1. The van der Waals surface area contributed by atoms with E-state index in [1.807, 2.05) is 18.2 Å². The summed E-state index contributed by atoms with van der Waals surface area (Å²) >= 11 is 1.39. The number of anilines is 1. The quantitative estimate of drug-likeness (QED) is 0.575. The number of sulfonamides is 1. The molecule has 0 aliphatic carbocycles. The first-order chi connectivity index (χ1) is 13.2. The fourth-order valence-corrected chi connectivity index (χ4v) is 4.02. The van der Waals surface area contributed by atoms with Gasteiger partial charge in [0.25, 0.3) is 0 Å². The van der Waals surface area contributed by atoms with Gasteiger partial charge < -0.3 is 9.64 Å². The number of fused-ring (bicyclic) bond motifs is 1. The van der Waals surface area contributed by atoms with Gasteiger partial charge in [-0.2, -0.15) is 4.31 Å². The molecule has 1 aromatic carbocycles. The molecule has 0 radical (unpaired) electrons. The van der Waals surface area contributed by atoms with Crippen LogP contribution in [0.3, 0.4) is 0 Å². The van der Waals surface area contributed by atoms with Crippen LogP contribution in [0.4, 0.5) is 5.13 Å². The Balaban J connectivity index is 2.32. The SMILES string of the molecule is CCN(CC)CCN(C(=O)CN(C)S(C)(=O)=O)c1nc2ccc(OC)cc2s1. The number of hydrogen-bond donors (Lipinski definition) is 0. The van der Waals surface area contributed by atoms with E-state index in [1.165, 1.54) is 18.4 Å². The lowest BCUT2D eigenvalue weighted by atomic mass is 10.3. The molecule has 156 valence electrons. The second-order valence-corrected chi connectivity index (χ2v) is 9.52. The molecule has 8 nitrogen and oxygen atoms in total. The number of amides is 1. The van der Waals surface area contributed by atoms with E-state index in [-0.39, 0.29) is 12.5 Å². The molecule has 0 saturated heterocycles. The van der Waals surface area contributed by atoms with Gasteiger partial charge in [0.1, 0.15) is 5.75 Å². The highest BCUT2D eigenvalue weighted by molar-refractivity contribution is 7.88. The van der Waals surface area contributed by atoms with Crippen LogP contribution in [0, 0.1) is 0 Å². The van der Waals surface area contributed by atoms with Crippen LogP contribution in [0.2, 0.25) is 0 Å². The number of ether oxygens (including phenoxy) is 1. The van der Waals surface area contributed by atoms with Crippen LogP contribution in [-0.4, -0.2) is 81.7 Å².